The molecule has 0 aliphatic rings. The Morgan fingerprint density at radius 3 is 2.33 bits per heavy atom. The normalized spacial score (nSPS) is 14.4. The van der Waals surface area contributed by atoms with Gasteiger partial charge in [-0.25, -0.2) is 0 Å². The second-order valence-corrected chi connectivity index (χ2v) is 4.24. The van der Waals surface area contributed by atoms with Crippen LogP contribution in [0.2, 0.25) is 0 Å². The van der Waals surface area contributed by atoms with Gasteiger partial charge in [-0.3, -0.25) is 4.79 Å². The van der Waals surface area contributed by atoms with Gasteiger partial charge >= 0.3 is 0 Å². The summed E-state index contributed by atoms with van der Waals surface area (Å²) in [4.78, 5) is 10.8. The van der Waals surface area contributed by atoms with Crippen LogP contribution in [0.15, 0.2) is 0 Å². The lowest BCUT2D eigenvalue weighted by Crippen LogP contribution is -2.25. The van der Waals surface area contributed by atoms with Gasteiger partial charge in [0, 0.05) is 0 Å². The fraction of sp³-hybridized carbons (Fsp3) is 0.900. The van der Waals surface area contributed by atoms with Gasteiger partial charge in [0.1, 0.15) is 6.10 Å². The Hall–Kier alpha value is -0.370. The maximum Gasteiger partial charge on any atom is 0.158 e. The summed E-state index contributed by atoms with van der Waals surface area (Å²) in [5, 5.41) is 9.34. The van der Waals surface area contributed by atoms with Crippen molar-refractivity contribution in [1.82, 2.24) is 0 Å². The summed E-state index contributed by atoms with van der Waals surface area (Å²) in [6, 6.07) is 0. The van der Waals surface area contributed by atoms with E-state index in [1.165, 1.54) is 6.92 Å². The minimum absolute atomic E-state index is 0.0832. The minimum Gasteiger partial charge on any atom is -0.385 e. The summed E-state index contributed by atoms with van der Waals surface area (Å²) in [5.41, 5.74) is 0.0832. The van der Waals surface area contributed by atoms with Crippen molar-refractivity contribution in [3.63, 3.8) is 0 Å². The number of aliphatic hydroxyl groups excluding tert-OH is 1. The first kappa shape index (κ1) is 11.6. The molecule has 0 saturated carbocycles. The van der Waals surface area contributed by atoms with Crippen LogP contribution in [0, 0.1) is 5.41 Å². The first-order chi connectivity index (χ1) is 5.39. The molecule has 0 heterocycles. The van der Waals surface area contributed by atoms with Crippen molar-refractivity contribution in [2.45, 2.75) is 53.1 Å². The molecule has 0 aromatic carbocycles. The van der Waals surface area contributed by atoms with E-state index in [1.807, 2.05) is 0 Å². The number of Topliss-reactive ketones (excluding diaryl/α,β-unsaturated/α-hetero) is 1. The number of ketones is 1. The maximum atomic E-state index is 10.8. The molecule has 1 atom stereocenters. The fourth-order valence-electron chi connectivity index (χ4n) is 1.45. The lowest BCUT2D eigenvalue weighted by molar-refractivity contribution is -0.126. The van der Waals surface area contributed by atoms with Crippen molar-refractivity contribution in [3.8, 4) is 0 Å². The lowest BCUT2D eigenvalue weighted by atomic mass is 9.82. The highest BCUT2D eigenvalue weighted by molar-refractivity contribution is 5.80. The number of carbonyl (C=O) groups excluding carboxylic acids is 1. The van der Waals surface area contributed by atoms with Crippen molar-refractivity contribution in [3.05, 3.63) is 0 Å². The van der Waals surface area contributed by atoms with Crippen molar-refractivity contribution in [2.75, 3.05) is 0 Å². The Labute approximate surface area is 75.0 Å². The van der Waals surface area contributed by atoms with Crippen molar-refractivity contribution < 1.29 is 9.90 Å². The van der Waals surface area contributed by atoms with Gasteiger partial charge in [0.05, 0.1) is 0 Å². The van der Waals surface area contributed by atoms with Crippen LogP contribution in [-0.4, -0.2) is 17.0 Å². The first-order valence-electron chi connectivity index (χ1n) is 4.57. The van der Waals surface area contributed by atoms with E-state index in [2.05, 4.69) is 20.8 Å². The molecule has 0 bridgehead atoms. The highest BCUT2D eigenvalue weighted by Gasteiger charge is 2.23. The molecule has 1 N–H and O–H groups in total. The highest BCUT2D eigenvalue weighted by atomic mass is 16.3. The van der Waals surface area contributed by atoms with Crippen LogP contribution in [0.5, 0.6) is 0 Å². The van der Waals surface area contributed by atoms with E-state index in [1.54, 1.807) is 0 Å². The van der Waals surface area contributed by atoms with Gasteiger partial charge in [0.25, 0.3) is 0 Å². The van der Waals surface area contributed by atoms with Gasteiger partial charge in [-0.1, -0.05) is 27.2 Å². The van der Waals surface area contributed by atoms with E-state index in [9.17, 15) is 9.90 Å². The fourth-order valence-corrected chi connectivity index (χ4v) is 1.45. The van der Waals surface area contributed by atoms with Gasteiger partial charge < -0.3 is 5.11 Å². The van der Waals surface area contributed by atoms with E-state index >= 15 is 0 Å². The molecule has 0 saturated heterocycles. The van der Waals surface area contributed by atoms with Gasteiger partial charge in [0.2, 0.25) is 0 Å². The molecule has 12 heavy (non-hydrogen) atoms. The van der Waals surface area contributed by atoms with Crippen LogP contribution in [0.3, 0.4) is 0 Å². The second kappa shape index (κ2) is 4.61. The molecule has 72 valence electrons. The van der Waals surface area contributed by atoms with Gasteiger partial charge in [-0.05, 0) is 25.2 Å². The van der Waals surface area contributed by atoms with E-state index in [-0.39, 0.29) is 11.2 Å². The van der Waals surface area contributed by atoms with Crippen LogP contribution in [0.25, 0.3) is 0 Å². The minimum atomic E-state index is -0.772. The predicted octanol–water partition coefficient (Wildman–Crippen LogP) is 2.15. The number of aliphatic hydroxyl groups is 1. The van der Waals surface area contributed by atoms with Crippen LogP contribution in [0.1, 0.15) is 47.0 Å². The third-order valence-electron chi connectivity index (χ3n) is 2.14. The standard InChI is InChI=1S/C10H20O2/c1-5-6-10(3,4)7-9(12)8(2)11/h9,12H,5-7H2,1-4H3. The maximum absolute atomic E-state index is 10.8. The number of carbonyl (C=O) groups is 1. The predicted molar refractivity (Wildman–Crippen MR) is 50.0 cm³/mol. The molecule has 0 amide bonds. The van der Waals surface area contributed by atoms with Crippen molar-refractivity contribution in [2.24, 2.45) is 5.41 Å². The zero-order valence-corrected chi connectivity index (χ0v) is 8.55. The lowest BCUT2D eigenvalue weighted by Gasteiger charge is -2.25. The Morgan fingerprint density at radius 1 is 1.50 bits per heavy atom. The van der Waals surface area contributed by atoms with Gasteiger partial charge in [-0.2, -0.15) is 0 Å². The van der Waals surface area contributed by atoms with E-state index in [4.69, 9.17) is 0 Å². The molecule has 0 rings (SSSR count). The van der Waals surface area contributed by atoms with Crippen molar-refractivity contribution in [1.29, 1.82) is 0 Å². The third-order valence-corrected chi connectivity index (χ3v) is 2.14. The molecule has 0 fully saturated rings. The zero-order valence-electron chi connectivity index (χ0n) is 8.55. The summed E-state index contributed by atoms with van der Waals surface area (Å²) >= 11 is 0. The average molecular weight is 172 g/mol. The summed E-state index contributed by atoms with van der Waals surface area (Å²) in [6.45, 7) is 7.72. The molecule has 1 unspecified atom stereocenters. The van der Waals surface area contributed by atoms with E-state index in [0.717, 1.165) is 12.8 Å². The van der Waals surface area contributed by atoms with Crippen LogP contribution in [-0.2, 0) is 4.79 Å². The SMILES string of the molecule is CCCC(C)(C)CC(O)C(C)=O. The number of rotatable bonds is 5. The molecule has 0 radical (unpaired) electrons. The summed E-state index contributed by atoms with van der Waals surface area (Å²) < 4.78 is 0. The molecule has 0 spiro atoms. The number of hydrogen-bond acceptors (Lipinski definition) is 2. The quantitative estimate of drug-likeness (QED) is 0.690. The molecule has 0 aliphatic heterocycles. The number of hydrogen-bond donors (Lipinski definition) is 1. The van der Waals surface area contributed by atoms with Crippen LogP contribution >= 0.6 is 0 Å². The van der Waals surface area contributed by atoms with Crippen molar-refractivity contribution >= 4 is 5.78 Å². The molecule has 0 aromatic rings. The average Bonchev–Trinajstić information content (AvgIpc) is 1.85. The Kier molecular flexibility index (Phi) is 4.46. The Morgan fingerprint density at radius 2 is 2.00 bits per heavy atom. The summed E-state index contributed by atoms with van der Waals surface area (Å²) in [5.74, 6) is -0.126. The highest BCUT2D eigenvalue weighted by Crippen LogP contribution is 2.28. The second-order valence-electron chi connectivity index (χ2n) is 4.24. The van der Waals surface area contributed by atoms with E-state index < -0.39 is 6.10 Å². The monoisotopic (exact) mass is 172 g/mol. The van der Waals surface area contributed by atoms with E-state index in [0.29, 0.717) is 6.42 Å². The summed E-state index contributed by atoms with van der Waals surface area (Å²) in [6.07, 6.45) is 1.96. The molecule has 0 aromatic heterocycles. The third kappa shape index (κ3) is 4.50. The first-order valence-corrected chi connectivity index (χ1v) is 4.57. The van der Waals surface area contributed by atoms with Gasteiger partial charge in [-0.15, -0.1) is 0 Å². The molecular formula is C10H20O2. The largest absolute Gasteiger partial charge is 0.385 e. The Balaban J connectivity index is 3.95. The topological polar surface area (TPSA) is 37.3 Å². The molecular weight excluding hydrogens is 152 g/mol. The smallest absolute Gasteiger partial charge is 0.158 e. The molecule has 2 heteroatoms. The molecule has 2 nitrogen and oxygen atoms in total. The van der Waals surface area contributed by atoms with Crippen LogP contribution in [0.4, 0.5) is 0 Å². The Bertz CT molecular complexity index is 150. The molecule has 0 aliphatic carbocycles. The summed E-state index contributed by atoms with van der Waals surface area (Å²) in [7, 11) is 0. The van der Waals surface area contributed by atoms with Gasteiger partial charge in [0.15, 0.2) is 5.78 Å². The zero-order chi connectivity index (χ0) is 9.78. The van der Waals surface area contributed by atoms with Crippen LogP contribution < -0.4 is 0 Å².